The summed E-state index contributed by atoms with van der Waals surface area (Å²) in [6.07, 6.45) is 2.32. The minimum Gasteiger partial charge on any atom is -0.486 e. The molecule has 0 aliphatic heterocycles. The molecule has 1 aromatic carbocycles. The topological polar surface area (TPSA) is 57.0 Å². The van der Waals surface area contributed by atoms with E-state index in [2.05, 4.69) is 39.9 Å². The third-order valence-electron chi connectivity index (χ3n) is 2.70. The van der Waals surface area contributed by atoms with Gasteiger partial charge in [-0.05, 0) is 24.1 Å². The Balaban J connectivity index is 2.05. The van der Waals surface area contributed by atoms with Crippen LogP contribution >= 0.6 is 15.9 Å². The fraction of sp³-hybridized carbons (Fsp3) is 0.357. The predicted molar refractivity (Wildman–Crippen MR) is 78.7 cm³/mol. The lowest BCUT2D eigenvalue weighted by Gasteiger charge is -2.10. The minimum absolute atomic E-state index is 0.326. The molecule has 2 rings (SSSR count). The van der Waals surface area contributed by atoms with Crippen molar-refractivity contribution in [3.05, 3.63) is 40.4 Å². The SMILES string of the molecule is CC(C)Cn1ncnc1COc1ccc(Br)c(C=O)c1. The summed E-state index contributed by atoms with van der Waals surface area (Å²) in [5.41, 5.74) is 0.561. The van der Waals surface area contributed by atoms with Gasteiger partial charge < -0.3 is 4.74 Å². The van der Waals surface area contributed by atoms with E-state index in [0.29, 0.717) is 23.8 Å². The number of hydrogen-bond acceptors (Lipinski definition) is 4. The third-order valence-corrected chi connectivity index (χ3v) is 3.42. The molecule has 106 valence electrons. The first kappa shape index (κ1) is 14.7. The number of carbonyl (C=O) groups is 1. The number of aldehydes is 1. The number of hydrogen-bond donors (Lipinski definition) is 0. The van der Waals surface area contributed by atoms with E-state index < -0.39 is 0 Å². The van der Waals surface area contributed by atoms with Crippen LogP contribution in [0.4, 0.5) is 0 Å². The highest BCUT2D eigenvalue weighted by molar-refractivity contribution is 9.10. The van der Waals surface area contributed by atoms with Crippen molar-refractivity contribution in [2.45, 2.75) is 27.0 Å². The smallest absolute Gasteiger partial charge is 0.164 e. The van der Waals surface area contributed by atoms with Gasteiger partial charge in [0.05, 0.1) is 0 Å². The van der Waals surface area contributed by atoms with Crippen LogP contribution in [-0.4, -0.2) is 21.1 Å². The van der Waals surface area contributed by atoms with E-state index in [-0.39, 0.29) is 0 Å². The van der Waals surface area contributed by atoms with Gasteiger partial charge in [-0.2, -0.15) is 5.10 Å². The highest BCUT2D eigenvalue weighted by atomic mass is 79.9. The molecule has 0 N–H and O–H groups in total. The Labute approximate surface area is 126 Å². The van der Waals surface area contributed by atoms with Crippen LogP contribution in [0.2, 0.25) is 0 Å². The summed E-state index contributed by atoms with van der Waals surface area (Å²) in [4.78, 5) is 15.1. The Bertz CT molecular complexity index is 596. The number of rotatable bonds is 6. The second-order valence-electron chi connectivity index (χ2n) is 4.84. The summed E-state index contributed by atoms with van der Waals surface area (Å²) in [6, 6.07) is 5.29. The minimum atomic E-state index is 0.326. The molecule has 0 saturated carbocycles. The summed E-state index contributed by atoms with van der Waals surface area (Å²) < 4.78 is 8.26. The zero-order valence-corrected chi connectivity index (χ0v) is 13.0. The van der Waals surface area contributed by atoms with Gasteiger partial charge in [-0.1, -0.05) is 29.8 Å². The predicted octanol–water partition coefficient (Wildman–Crippen LogP) is 3.09. The molecular weight excluding hydrogens is 322 g/mol. The van der Waals surface area contributed by atoms with Crippen molar-refractivity contribution >= 4 is 22.2 Å². The van der Waals surface area contributed by atoms with Gasteiger partial charge in [-0.15, -0.1) is 0 Å². The molecule has 20 heavy (non-hydrogen) atoms. The van der Waals surface area contributed by atoms with Crippen LogP contribution in [0.3, 0.4) is 0 Å². The molecule has 0 saturated heterocycles. The van der Waals surface area contributed by atoms with Crippen molar-refractivity contribution in [3.63, 3.8) is 0 Å². The average molecular weight is 338 g/mol. The normalized spacial score (nSPS) is 10.8. The molecule has 2 aromatic rings. The van der Waals surface area contributed by atoms with Crippen LogP contribution < -0.4 is 4.74 Å². The number of carbonyl (C=O) groups excluding carboxylic acids is 1. The lowest BCUT2D eigenvalue weighted by Crippen LogP contribution is -2.12. The van der Waals surface area contributed by atoms with Crippen molar-refractivity contribution in [1.29, 1.82) is 0 Å². The van der Waals surface area contributed by atoms with Gasteiger partial charge in [-0.25, -0.2) is 9.67 Å². The van der Waals surface area contributed by atoms with Crippen molar-refractivity contribution in [3.8, 4) is 5.75 Å². The maximum Gasteiger partial charge on any atom is 0.164 e. The van der Waals surface area contributed by atoms with E-state index in [1.165, 1.54) is 6.33 Å². The molecule has 0 aliphatic rings. The van der Waals surface area contributed by atoms with E-state index >= 15 is 0 Å². The van der Waals surface area contributed by atoms with Gasteiger partial charge in [0.25, 0.3) is 0 Å². The Kier molecular flexibility index (Phi) is 4.89. The highest BCUT2D eigenvalue weighted by Crippen LogP contribution is 2.21. The molecule has 5 nitrogen and oxygen atoms in total. The molecule has 1 aromatic heterocycles. The first-order chi connectivity index (χ1) is 9.60. The van der Waals surface area contributed by atoms with Gasteiger partial charge in [0.2, 0.25) is 0 Å². The van der Waals surface area contributed by atoms with Gasteiger partial charge in [0, 0.05) is 16.6 Å². The van der Waals surface area contributed by atoms with Crippen LogP contribution in [-0.2, 0) is 13.2 Å². The van der Waals surface area contributed by atoms with Crippen molar-refractivity contribution in [2.24, 2.45) is 5.92 Å². The zero-order chi connectivity index (χ0) is 14.5. The summed E-state index contributed by atoms with van der Waals surface area (Å²) in [5, 5.41) is 4.18. The number of benzene rings is 1. The van der Waals surface area contributed by atoms with Gasteiger partial charge in [0.1, 0.15) is 18.7 Å². The van der Waals surface area contributed by atoms with E-state index in [9.17, 15) is 4.79 Å². The Morgan fingerprint density at radius 3 is 2.95 bits per heavy atom. The molecule has 0 fully saturated rings. The van der Waals surface area contributed by atoms with Crippen LogP contribution in [0, 0.1) is 5.92 Å². The number of nitrogens with zero attached hydrogens (tertiary/aromatic N) is 3. The quantitative estimate of drug-likeness (QED) is 0.760. The molecule has 0 bridgehead atoms. The summed E-state index contributed by atoms with van der Waals surface area (Å²) in [5.74, 6) is 1.90. The largest absolute Gasteiger partial charge is 0.486 e. The van der Waals surface area contributed by atoms with E-state index in [1.807, 2.05) is 4.68 Å². The lowest BCUT2D eigenvalue weighted by atomic mass is 10.2. The maximum absolute atomic E-state index is 10.9. The Morgan fingerprint density at radius 2 is 2.25 bits per heavy atom. The molecule has 0 amide bonds. The highest BCUT2D eigenvalue weighted by Gasteiger charge is 2.08. The Morgan fingerprint density at radius 1 is 1.45 bits per heavy atom. The van der Waals surface area contributed by atoms with Gasteiger partial charge in [0.15, 0.2) is 12.1 Å². The number of aromatic nitrogens is 3. The summed E-state index contributed by atoms with van der Waals surface area (Å²) in [6.45, 7) is 5.38. The van der Waals surface area contributed by atoms with Crippen LogP contribution in [0.15, 0.2) is 29.0 Å². The maximum atomic E-state index is 10.9. The average Bonchev–Trinajstić information content (AvgIpc) is 2.84. The van der Waals surface area contributed by atoms with Crippen LogP contribution in [0.25, 0.3) is 0 Å². The third kappa shape index (κ3) is 3.66. The fourth-order valence-electron chi connectivity index (χ4n) is 1.75. The standard InChI is InChI=1S/C14H16BrN3O2/c1-10(2)6-18-14(16-9-17-18)8-20-12-3-4-13(15)11(5-12)7-19/h3-5,7,9-10H,6,8H2,1-2H3. The molecule has 0 spiro atoms. The van der Waals surface area contributed by atoms with Crippen LogP contribution in [0.5, 0.6) is 5.75 Å². The van der Waals surface area contributed by atoms with E-state index in [0.717, 1.165) is 23.1 Å². The van der Waals surface area contributed by atoms with Crippen molar-refractivity contribution < 1.29 is 9.53 Å². The van der Waals surface area contributed by atoms with Gasteiger partial charge in [-0.3, -0.25) is 4.79 Å². The van der Waals surface area contributed by atoms with Gasteiger partial charge >= 0.3 is 0 Å². The first-order valence-electron chi connectivity index (χ1n) is 6.34. The number of halogens is 1. The monoisotopic (exact) mass is 337 g/mol. The van der Waals surface area contributed by atoms with E-state index in [1.54, 1.807) is 18.2 Å². The Hall–Kier alpha value is -1.69. The molecular formula is C14H16BrN3O2. The van der Waals surface area contributed by atoms with E-state index in [4.69, 9.17) is 4.74 Å². The second kappa shape index (κ2) is 6.65. The molecule has 0 unspecified atom stereocenters. The molecule has 0 aliphatic carbocycles. The first-order valence-corrected chi connectivity index (χ1v) is 7.13. The molecule has 0 radical (unpaired) electrons. The fourth-order valence-corrected chi connectivity index (χ4v) is 2.09. The second-order valence-corrected chi connectivity index (χ2v) is 5.70. The number of ether oxygens (including phenoxy) is 1. The summed E-state index contributed by atoms with van der Waals surface area (Å²) in [7, 11) is 0. The molecule has 6 heteroatoms. The van der Waals surface area contributed by atoms with Crippen molar-refractivity contribution in [2.75, 3.05) is 0 Å². The molecule has 0 atom stereocenters. The van der Waals surface area contributed by atoms with Crippen molar-refractivity contribution in [1.82, 2.24) is 14.8 Å². The zero-order valence-electron chi connectivity index (χ0n) is 11.4. The lowest BCUT2D eigenvalue weighted by molar-refractivity contribution is 0.112. The summed E-state index contributed by atoms with van der Waals surface area (Å²) >= 11 is 3.31. The van der Waals surface area contributed by atoms with Crippen LogP contribution in [0.1, 0.15) is 30.0 Å². The molecule has 1 heterocycles.